The third kappa shape index (κ3) is 8.15. The summed E-state index contributed by atoms with van der Waals surface area (Å²) in [6, 6.07) is 20.5. The van der Waals surface area contributed by atoms with Crippen LogP contribution in [0.15, 0.2) is 60.7 Å². The Morgan fingerprint density at radius 1 is 0.912 bits per heavy atom. The summed E-state index contributed by atoms with van der Waals surface area (Å²) in [5, 5.41) is 12.3. The first-order valence-electron chi connectivity index (χ1n) is 11.8. The zero-order valence-corrected chi connectivity index (χ0v) is 21.4. The molecule has 0 saturated carbocycles. The number of nitrogens with one attached hydrogen (secondary N) is 1. The lowest BCUT2D eigenvalue weighted by Crippen LogP contribution is -2.30. The van der Waals surface area contributed by atoms with Gasteiger partial charge in [-0.15, -0.1) is 29.9 Å². The van der Waals surface area contributed by atoms with E-state index in [2.05, 4.69) is 52.8 Å². The standard InChI is InChI=1S/C27H33N3O2.2ClH/c1-2-3-9-26-25(18-27(30-29-26)32-20-22-14-16-28-17-15-22)23-10-12-24(13-11-23)31-19-21-7-5-4-6-8-21;;/h4-8,10-13,18,22,28H,2-3,9,14-17,19-20H2,1H3;2*1H. The van der Waals surface area contributed by atoms with Crippen molar-refractivity contribution in [1.29, 1.82) is 0 Å². The van der Waals surface area contributed by atoms with Crippen LogP contribution in [0.3, 0.4) is 0 Å². The van der Waals surface area contributed by atoms with E-state index in [4.69, 9.17) is 9.47 Å². The highest BCUT2D eigenvalue weighted by Gasteiger charge is 2.15. The predicted molar refractivity (Wildman–Crippen MR) is 142 cm³/mol. The molecule has 0 amide bonds. The van der Waals surface area contributed by atoms with Crippen LogP contribution in [0.2, 0.25) is 0 Å². The first-order valence-corrected chi connectivity index (χ1v) is 11.8. The monoisotopic (exact) mass is 503 g/mol. The maximum atomic E-state index is 6.05. The fourth-order valence-corrected chi connectivity index (χ4v) is 3.97. The van der Waals surface area contributed by atoms with Crippen molar-refractivity contribution in [1.82, 2.24) is 15.5 Å². The smallest absolute Gasteiger partial charge is 0.234 e. The summed E-state index contributed by atoms with van der Waals surface area (Å²) >= 11 is 0. The Hall–Kier alpha value is -2.34. The number of hydrogen-bond donors (Lipinski definition) is 1. The van der Waals surface area contributed by atoms with Gasteiger partial charge in [0.05, 0.1) is 12.3 Å². The minimum Gasteiger partial charge on any atom is -0.489 e. The van der Waals surface area contributed by atoms with Gasteiger partial charge in [-0.1, -0.05) is 55.8 Å². The van der Waals surface area contributed by atoms with Crippen molar-refractivity contribution in [3.63, 3.8) is 0 Å². The van der Waals surface area contributed by atoms with Crippen LogP contribution in [0.1, 0.15) is 43.9 Å². The number of hydrogen-bond acceptors (Lipinski definition) is 5. The molecule has 0 atom stereocenters. The lowest BCUT2D eigenvalue weighted by Gasteiger charge is -2.22. The molecule has 1 aliphatic heterocycles. The second-order valence-electron chi connectivity index (χ2n) is 8.45. The molecule has 7 heteroatoms. The number of aryl methyl sites for hydroxylation is 1. The van der Waals surface area contributed by atoms with Gasteiger partial charge in [-0.2, -0.15) is 5.10 Å². The van der Waals surface area contributed by atoms with Gasteiger partial charge in [-0.3, -0.25) is 0 Å². The number of rotatable bonds is 10. The normalized spacial score (nSPS) is 13.4. The maximum Gasteiger partial charge on any atom is 0.234 e. The molecule has 184 valence electrons. The highest BCUT2D eigenvalue weighted by Crippen LogP contribution is 2.28. The summed E-state index contributed by atoms with van der Waals surface area (Å²) in [5.41, 5.74) is 4.40. The largest absolute Gasteiger partial charge is 0.489 e. The van der Waals surface area contributed by atoms with Gasteiger partial charge < -0.3 is 14.8 Å². The van der Waals surface area contributed by atoms with Crippen molar-refractivity contribution in [3.8, 4) is 22.8 Å². The molecule has 0 bridgehead atoms. The van der Waals surface area contributed by atoms with Crippen molar-refractivity contribution >= 4 is 24.8 Å². The molecule has 2 aromatic carbocycles. The molecule has 0 aliphatic carbocycles. The summed E-state index contributed by atoms with van der Waals surface area (Å²) in [4.78, 5) is 0. The van der Waals surface area contributed by atoms with Crippen LogP contribution >= 0.6 is 24.8 Å². The van der Waals surface area contributed by atoms with E-state index in [-0.39, 0.29) is 24.8 Å². The molecule has 1 saturated heterocycles. The molecule has 1 aromatic heterocycles. The minimum absolute atomic E-state index is 0. The Bertz CT molecular complexity index is 965. The molecular weight excluding hydrogens is 469 g/mol. The molecule has 3 aromatic rings. The molecule has 5 nitrogen and oxygen atoms in total. The molecule has 2 heterocycles. The highest BCUT2D eigenvalue weighted by atomic mass is 35.5. The predicted octanol–water partition coefficient (Wildman–Crippen LogP) is 6.29. The van der Waals surface area contributed by atoms with Gasteiger partial charge >= 0.3 is 0 Å². The van der Waals surface area contributed by atoms with Gasteiger partial charge in [0.15, 0.2) is 0 Å². The number of halogens is 2. The van der Waals surface area contributed by atoms with Gasteiger partial charge in [-0.25, -0.2) is 0 Å². The molecule has 1 aliphatic rings. The van der Waals surface area contributed by atoms with Crippen LogP contribution < -0.4 is 14.8 Å². The number of aromatic nitrogens is 2. The van der Waals surface area contributed by atoms with Gasteiger partial charge in [0, 0.05) is 11.6 Å². The zero-order valence-electron chi connectivity index (χ0n) is 19.7. The Balaban J connectivity index is 0.00000204. The van der Waals surface area contributed by atoms with Crippen molar-refractivity contribution < 1.29 is 9.47 Å². The van der Waals surface area contributed by atoms with Crippen molar-refractivity contribution in [2.75, 3.05) is 19.7 Å². The molecule has 0 spiro atoms. The Morgan fingerprint density at radius 2 is 1.65 bits per heavy atom. The first kappa shape index (κ1) is 27.9. The van der Waals surface area contributed by atoms with Gasteiger partial charge in [0.2, 0.25) is 5.88 Å². The van der Waals surface area contributed by atoms with Crippen molar-refractivity contribution in [2.45, 2.75) is 45.6 Å². The molecule has 1 N–H and O–H groups in total. The lowest BCUT2D eigenvalue weighted by atomic mass is 9.99. The van der Waals surface area contributed by atoms with E-state index in [0.717, 1.165) is 73.3 Å². The van der Waals surface area contributed by atoms with E-state index in [1.807, 2.05) is 30.3 Å². The molecule has 0 unspecified atom stereocenters. The third-order valence-corrected chi connectivity index (χ3v) is 5.95. The van der Waals surface area contributed by atoms with Crippen LogP contribution in [0, 0.1) is 5.92 Å². The SMILES string of the molecule is CCCCc1nnc(OCC2CCNCC2)cc1-c1ccc(OCc2ccccc2)cc1.Cl.Cl. The number of benzene rings is 2. The van der Waals surface area contributed by atoms with Crippen molar-refractivity contribution in [2.24, 2.45) is 5.92 Å². The van der Waals surface area contributed by atoms with E-state index in [0.29, 0.717) is 25.0 Å². The number of nitrogens with zero attached hydrogens (tertiary/aromatic N) is 2. The first-order chi connectivity index (χ1) is 15.8. The highest BCUT2D eigenvalue weighted by molar-refractivity contribution is 5.85. The van der Waals surface area contributed by atoms with Crippen LogP contribution in [-0.2, 0) is 13.0 Å². The summed E-state index contributed by atoms with van der Waals surface area (Å²) in [7, 11) is 0. The summed E-state index contributed by atoms with van der Waals surface area (Å²) in [5.74, 6) is 2.06. The fraction of sp³-hybridized carbons (Fsp3) is 0.407. The van der Waals surface area contributed by atoms with Crippen LogP contribution in [0.5, 0.6) is 11.6 Å². The van der Waals surface area contributed by atoms with Crippen LogP contribution in [0.25, 0.3) is 11.1 Å². The Morgan fingerprint density at radius 3 is 2.35 bits per heavy atom. The minimum atomic E-state index is 0. The molecular formula is C27H35Cl2N3O2. The average Bonchev–Trinajstić information content (AvgIpc) is 2.87. The second kappa shape index (κ2) is 14.8. The summed E-state index contributed by atoms with van der Waals surface area (Å²) in [6.45, 7) is 5.60. The average molecular weight is 505 g/mol. The molecule has 0 radical (unpaired) electrons. The van der Waals surface area contributed by atoms with E-state index in [1.165, 1.54) is 0 Å². The van der Waals surface area contributed by atoms with Gasteiger partial charge in [-0.05, 0) is 68.0 Å². The zero-order chi connectivity index (χ0) is 22.0. The quantitative estimate of drug-likeness (QED) is 0.352. The third-order valence-electron chi connectivity index (χ3n) is 5.95. The summed E-state index contributed by atoms with van der Waals surface area (Å²) < 4.78 is 12.0. The van der Waals surface area contributed by atoms with Crippen LogP contribution in [0.4, 0.5) is 0 Å². The number of piperidine rings is 1. The summed E-state index contributed by atoms with van der Waals surface area (Å²) in [6.07, 6.45) is 5.44. The number of ether oxygens (including phenoxy) is 2. The van der Waals surface area contributed by atoms with Crippen molar-refractivity contribution in [3.05, 3.63) is 71.9 Å². The Labute approximate surface area is 215 Å². The topological polar surface area (TPSA) is 56.3 Å². The molecule has 1 fully saturated rings. The molecule has 4 rings (SSSR count). The van der Waals surface area contributed by atoms with E-state index < -0.39 is 0 Å². The Kier molecular flexibility index (Phi) is 12.2. The van der Waals surface area contributed by atoms with Crippen LogP contribution in [-0.4, -0.2) is 29.9 Å². The lowest BCUT2D eigenvalue weighted by molar-refractivity contribution is 0.207. The van der Waals surface area contributed by atoms with E-state index in [9.17, 15) is 0 Å². The second-order valence-corrected chi connectivity index (χ2v) is 8.45. The van der Waals surface area contributed by atoms with E-state index >= 15 is 0 Å². The fourth-order valence-electron chi connectivity index (χ4n) is 3.97. The van der Waals surface area contributed by atoms with Gasteiger partial charge in [0.1, 0.15) is 12.4 Å². The number of unbranched alkanes of at least 4 members (excludes halogenated alkanes) is 1. The maximum absolute atomic E-state index is 6.05. The molecule has 34 heavy (non-hydrogen) atoms. The van der Waals surface area contributed by atoms with E-state index in [1.54, 1.807) is 0 Å². The van der Waals surface area contributed by atoms with Gasteiger partial charge in [0.25, 0.3) is 0 Å².